The van der Waals surface area contributed by atoms with Crippen molar-refractivity contribution in [3.05, 3.63) is 77.7 Å². The molecule has 0 aliphatic carbocycles. The van der Waals surface area contributed by atoms with E-state index in [-0.39, 0.29) is 47.9 Å². The molecule has 0 atom stereocenters. The van der Waals surface area contributed by atoms with Crippen LogP contribution < -0.4 is 0 Å². The number of allylic oxidation sites excluding steroid dienone is 2. The fourth-order valence-electron chi connectivity index (χ4n) is 5.76. The number of furan rings is 2. The van der Waals surface area contributed by atoms with Crippen LogP contribution in [0.1, 0.15) is 93.6 Å². The van der Waals surface area contributed by atoms with Gasteiger partial charge in [-0.25, -0.2) is 0 Å². The molecule has 6 rings (SSSR count). The molecule has 0 bridgehead atoms. The molecule has 5 nitrogen and oxygen atoms in total. The van der Waals surface area contributed by atoms with Gasteiger partial charge in [0.25, 0.3) is 0 Å². The number of hydrogen-bond acceptors (Lipinski definition) is 6. The summed E-state index contributed by atoms with van der Waals surface area (Å²) in [5.74, 6) is 0.286. The predicted octanol–water partition coefficient (Wildman–Crippen LogP) is 12.4. The third-order valence-corrected chi connectivity index (χ3v) is 11.0. The number of ketones is 1. The number of carbonyl (C=O) groups excluding carboxylic acids is 1. The van der Waals surface area contributed by atoms with Crippen LogP contribution >= 0.6 is 11.3 Å². The summed E-state index contributed by atoms with van der Waals surface area (Å²) in [6.07, 6.45) is 8.27. The fourth-order valence-corrected chi connectivity index (χ4v) is 6.83. The minimum atomic E-state index is -0.337. The van der Waals surface area contributed by atoms with Gasteiger partial charge in [0, 0.05) is 65.1 Å². The Labute approximate surface area is 295 Å². The van der Waals surface area contributed by atoms with Crippen molar-refractivity contribution in [1.29, 1.82) is 0 Å². The molecule has 0 unspecified atom stereocenters. The van der Waals surface area contributed by atoms with Gasteiger partial charge in [-0.05, 0) is 65.4 Å². The van der Waals surface area contributed by atoms with Crippen LogP contribution in [0.5, 0.6) is 0 Å². The fraction of sp³-hybridized carbons (Fsp3) is 0.400. The number of aromatic nitrogens is 1. The Morgan fingerprint density at radius 3 is 2.23 bits per heavy atom. The molecule has 4 heterocycles. The monoisotopic (exact) mass is 829 g/mol. The number of hydrogen-bond donors (Lipinski definition) is 1. The van der Waals surface area contributed by atoms with Crippen molar-refractivity contribution >= 4 is 60.1 Å². The van der Waals surface area contributed by atoms with Crippen LogP contribution in [0.3, 0.4) is 0 Å². The molecule has 2 aromatic carbocycles. The second-order valence-electron chi connectivity index (χ2n) is 13.9. The van der Waals surface area contributed by atoms with Crippen molar-refractivity contribution in [2.24, 2.45) is 10.8 Å². The van der Waals surface area contributed by atoms with Gasteiger partial charge < -0.3 is 13.9 Å². The molecule has 7 heteroatoms. The summed E-state index contributed by atoms with van der Waals surface area (Å²) in [5, 5.41) is 16.5. The van der Waals surface area contributed by atoms with Crippen molar-refractivity contribution in [3.63, 3.8) is 0 Å². The minimum Gasteiger partial charge on any atom is -0.512 e. The average molecular weight is 829 g/mol. The van der Waals surface area contributed by atoms with E-state index in [2.05, 4.69) is 50.4 Å². The molecule has 0 spiro atoms. The second kappa shape index (κ2) is 14.1. The molecule has 251 valence electrons. The Hall–Kier alpha value is -3.25. The van der Waals surface area contributed by atoms with Gasteiger partial charge in [-0.1, -0.05) is 73.4 Å². The molecule has 0 aliphatic heterocycles. The van der Waals surface area contributed by atoms with Crippen LogP contribution in [0.4, 0.5) is 0 Å². The van der Waals surface area contributed by atoms with E-state index in [0.717, 1.165) is 75.2 Å². The largest absolute Gasteiger partial charge is 0.512 e. The molecule has 0 saturated heterocycles. The number of aliphatic hydroxyl groups excluding tert-OH is 1. The van der Waals surface area contributed by atoms with E-state index in [1.54, 1.807) is 17.6 Å². The molecular formula is C40H46IrNO4S-. The number of nitrogens with zero attached hydrogens (tertiary/aromatic N) is 1. The standard InChI is InChI=1S/C25H18NO2S.C15H28O2.Ir/c1-25(2,3)18-11-16(10-15-6-9-29-24(15)18)23-22-17-13-20-14(5-8-27-20)12-21(17)28-19(22)4-7-26-23;1-7-14(5,8-2)12(16)11-13(17)15(6,9-3)10-4;/h4-9,11-13H,1-3H3;11,16H,7-10H2,1-6H3;/q-1;;/b;12-11-;. The van der Waals surface area contributed by atoms with Gasteiger partial charge in [-0.15, -0.1) is 23.6 Å². The summed E-state index contributed by atoms with van der Waals surface area (Å²) >= 11 is 1.77. The first-order valence-corrected chi connectivity index (χ1v) is 17.2. The van der Waals surface area contributed by atoms with E-state index in [1.807, 2.05) is 65.9 Å². The Morgan fingerprint density at radius 1 is 0.915 bits per heavy atom. The van der Waals surface area contributed by atoms with E-state index < -0.39 is 0 Å². The number of pyridine rings is 1. The average Bonchev–Trinajstić information content (AvgIpc) is 3.80. The number of thiophene rings is 1. The molecule has 0 saturated carbocycles. The van der Waals surface area contributed by atoms with E-state index in [4.69, 9.17) is 13.8 Å². The van der Waals surface area contributed by atoms with E-state index in [0.29, 0.717) is 0 Å². The zero-order valence-electron chi connectivity index (χ0n) is 29.0. The molecule has 1 N–H and O–H groups in total. The van der Waals surface area contributed by atoms with E-state index >= 15 is 0 Å². The normalized spacial score (nSPS) is 12.8. The smallest absolute Gasteiger partial charge is 0.164 e. The molecule has 0 aliphatic rings. The Balaban J connectivity index is 0.000000242. The zero-order valence-corrected chi connectivity index (χ0v) is 32.2. The number of carbonyl (C=O) groups is 1. The Bertz CT molecular complexity index is 2050. The van der Waals surface area contributed by atoms with Crippen LogP contribution in [0.15, 0.2) is 74.9 Å². The van der Waals surface area contributed by atoms with Crippen LogP contribution in [-0.4, -0.2) is 15.9 Å². The molecule has 4 aromatic heterocycles. The number of rotatable bonds is 8. The van der Waals surface area contributed by atoms with Gasteiger partial charge in [0.2, 0.25) is 0 Å². The topological polar surface area (TPSA) is 76.5 Å². The molecule has 6 aromatic rings. The Morgan fingerprint density at radius 2 is 1.60 bits per heavy atom. The first-order valence-electron chi connectivity index (χ1n) is 16.4. The summed E-state index contributed by atoms with van der Waals surface area (Å²) < 4.78 is 13.1. The van der Waals surface area contributed by atoms with Gasteiger partial charge in [0.15, 0.2) is 5.78 Å². The third kappa shape index (κ3) is 6.99. The van der Waals surface area contributed by atoms with E-state index in [9.17, 15) is 9.90 Å². The van der Waals surface area contributed by atoms with Gasteiger partial charge in [0.1, 0.15) is 22.5 Å². The van der Waals surface area contributed by atoms with Gasteiger partial charge in [-0.3, -0.25) is 9.78 Å². The maximum Gasteiger partial charge on any atom is 0.164 e. The number of fused-ring (bicyclic) bond motifs is 5. The Kier molecular flexibility index (Phi) is 11.0. The molecule has 0 amide bonds. The SMILES string of the molecule is CC(C)(C)c1cc(-c2nccc3oc4cc5ccoc5cc4c23)[c-]c2ccsc12.CCC(C)(CC)C(=O)/C=C(\O)C(C)(CC)CC.[Ir]. The maximum absolute atomic E-state index is 12.2. The van der Waals surface area contributed by atoms with Crippen LogP contribution in [0, 0.1) is 16.9 Å². The maximum atomic E-state index is 12.2. The van der Waals surface area contributed by atoms with Crippen LogP contribution in [0.2, 0.25) is 0 Å². The summed E-state index contributed by atoms with van der Waals surface area (Å²) in [6, 6.07) is 15.9. The summed E-state index contributed by atoms with van der Waals surface area (Å²) in [7, 11) is 0. The minimum absolute atomic E-state index is 0. The first kappa shape index (κ1) is 36.6. The van der Waals surface area contributed by atoms with E-state index in [1.165, 1.54) is 16.3 Å². The van der Waals surface area contributed by atoms with Crippen molar-refractivity contribution < 1.29 is 38.8 Å². The number of aliphatic hydroxyl groups is 1. The van der Waals surface area contributed by atoms with Crippen molar-refractivity contribution in [1.82, 2.24) is 4.98 Å². The summed E-state index contributed by atoms with van der Waals surface area (Å²) in [5.41, 5.74) is 5.15. The van der Waals surface area contributed by atoms with Crippen molar-refractivity contribution in [2.45, 2.75) is 93.4 Å². The van der Waals surface area contributed by atoms with Gasteiger partial charge in [-0.2, -0.15) is 11.3 Å². The van der Waals surface area contributed by atoms with Crippen molar-refractivity contribution in [3.8, 4) is 11.3 Å². The number of benzene rings is 2. The second-order valence-corrected chi connectivity index (χ2v) is 14.8. The zero-order chi connectivity index (χ0) is 33.4. The van der Waals surface area contributed by atoms with Crippen LogP contribution in [-0.2, 0) is 30.3 Å². The van der Waals surface area contributed by atoms with Gasteiger partial charge >= 0.3 is 0 Å². The molecule has 1 radical (unpaired) electrons. The third-order valence-electron chi connectivity index (χ3n) is 10.1. The van der Waals surface area contributed by atoms with Crippen molar-refractivity contribution in [2.75, 3.05) is 0 Å². The first-order chi connectivity index (χ1) is 21.8. The quantitative estimate of drug-likeness (QED) is 0.0939. The molecular weight excluding hydrogens is 783 g/mol. The predicted molar refractivity (Wildman–Crippen MR) is 193 cm³/mol. The van der Waals surface area contributed by atoms with Crippen LogP contribution in [0.25, 0.3) is 54.3 Å². The summed E-state index contributed by atoms with van der Waals surface area (Å²) in [6.45, 7) is 18.8. The molecule has 0 fully saturated rings. The van der Waals surface area contributed by atoms with Gasteiger partial charge in [0.05, 0.1) is 6.26 Å². The summed E-state index contributed by atoms with van der Waals surface area (Å²) in [4.78, 5) is 16.9. The molecule has 47 heavy (non-hydrogen) atoms.